The highest BCUT2D eigenvalue weighted by atomic mass is 16.4. The number of carboxylic acid groups (broad SMARTS) is 1. The van der Waals surface area contributed by atoms with Gasteiger partial charge >= 0.3 is 5.97 Å². The number of carboxylic acids is 1. The molecular formula is C17H25NO3. The molecule has 0 radical (unpaired) electrons. The van der Waals surface area contributed by atoms with E-state index < -0.39 is 12.1 Å². The Hall–Kier alpha value is -1.39. The van der Waals surface area contributed by atoms with Gasteiger partial charge in [-0.1, -0.05) is 18.2 Å². The first-order valence-electron chi connectivity index (χ1n) is 7.89. The van der Waals surface area contributed by atoms with Crippen LogP contribution >= 0.6 is 0 Å². The molecule has 4 nitrogen and oxygen atoms in total. The van der Waals surface area contributed by atoms with E-state index in [-0.39, 0.29) is 6.42 Å². The van der Waals surface area contributed by atoms with Crippen molar-refractivity contribution in [1.29, 1.82) is 0 Å². The van der Waals surface area contributed by atoms with E-state index in [1.165, 1.54) is 24.0 Å². The summed E-state index contributed by atoms with van der Waals surface area (Å²) in [4.78, 5) is 10.4. The summed E-state index contributed by atoms with van der Waals surface area (Å²) in [5, 5.41) is 21.9. The molecule has 116 valence electrons. The third kappa shape index (κ3) is 5.14. The third-order valence-electron chi connectivity index (χ3n) is 4.10. The fourth-order valence-electron chi connectivity index (χ4n) is 2.86. The van der Waals surface area contributed by atoms with Crippen molar-refractivity contribution in [1.82, 2.24) is 5.32 Å². The van der Waals surface area contributed by atoms with Gasteiger partial charge in [-0.05, 0) is 68.3 Å². The molecule has 0 amide bonds. The van der Waals surface area contributed by atoms with Crippen LogP contribution in [0.4, 0.5) is 0 Å². The summed E-state index contributed by atoms with van der Waals surface area (Å²) in [5.74, 6) is -0.758. The molecule has 4 heteroatoms. The summed E-state index contributed by atoms with van der Waals surface area (Å²) in [6.45, 7) is 1.39. The number of rotatable bonds is 8. The van der Waals surface area contributed by atoms with Crippen LogP contribution in [0.1, 0.15) is 54.9 Å². The summed E-state index contributed by atoms with van der Waals surface area (Å²) in [6.07, 6.45) is 5.85. The third-order valence-corrected chi connectivity index (χ3v) is 4.10. The number of aliphatic hydroxyl groups excluding tert-OH is 1. The van der Waals surface area contributed by atoms with Crippen molar-refractivity contribution in [3.63, 3.8) is 0 Å². The second kappa shape index (κ2) is 8.15. The molecule has 0 heterocycles. The first-order chi connectivity index (χ1) is 10.2. The number of aliphatic carboxylic acids is 1. The average Bonchev–Trinajstić information content (AvgIpc) is 2.49. The lowest BCUT2D eigenvalue weighted by atomic mass is 9.89. The van der Waals surface area contributed by atoms with Gasteiger partial charge in [0.25, 0.3) is 0 Å². The minimum atomic E-state index is -0.758. The van der Waals surface area contributed by atoms with Crippen LogP contribution in [0.3, 0.4) is 0 Å². The van der Waals surface area contributed by atoms with Crippen LogP contribution < -0.4 is 5.32 Å². The quantitative estimate of drug-likeness (QED) is 0.643. The molecule has 0 aromatic heterocycles. The molecule has 21 heavy (non-hydrogen) atoms. The lowest BCUT2D eigenvalue weighted by Gasteiger charge is -2.19. The molecule has 2 rings (SSSR count). The van der Waals surface area contributed by atoms with Gasteiger partial charge in [0, 0.05) is 6.42 Å². The zero-order chi connectivity index (χ0) is 15.1. The highest BCUT2D eigenvalue weighted by Gasteiger charge is 2.13. The van der Waals surface area contributed by atoms with Crippen molar-refractivity contribution < 1.29 is 15.0 Å². The van der Waals surface area contributed by atoms with Crippen LogP contribution in [-0.4, -0.2) is 29.3 Å². The van der Waals surface area contributed by atoms with Gasteiger partial charge in [0.1, 0.15) is 0 Å². The van der Waals surface area contributed by atoms with E-state index in [1.54, 1.807) is 0 Å². The van der Waals surface area contributed by atoms with Crippen LogP contribution in [0.2, 0.25) is 0 Å². The maximum Gasteiger partial charge on any atom is 0.303 e. The van der Waals surface area contributed by atoms with Gasteiger partial charge in [0.15, 0.2) is 0 Å². The first kappa shape index (κ1) is 16.0. The molecule has 0 saturated heterocycles. The van der Waals surface area contributed by atoms with Crippen molar-refractivity contribution in [3.05, 3.63) is 34.9 Å². The number of fused-ring (bicyclic) bond motifs is 1. The van der Waals surface area contributed by atoms with Crippen LogP contribution in [0.5, 0.6) is 0 Å². The lowest BCUT2D eigenvalue weighted by molar-refractivity contribution is -0.137. The first-order valence-corrected chi connectivity index (χ1v) is 7.89. The van der Waals surface area contributed by atoms with Gasteiger partial charge in [-0.25, -0.2) is 0 Å². The molecule has 0 fully saturated rings. The fraction of sp³-hybridized carbons (Fsp3) is 0.588. The Balaban J connectivity index is 1.73. The number of hydrogen-bond donors (Lipinski definition) is 3. The summed E-state index contributed by atoms with van der Waals surface area (Å²) in [6, 6.07) is 6.36. The van der Waals surface area contributed by atoms with E-state index >= 15 is 0 Å². The molecule has 1 atom stereocenters. The molecule has 1 aromatic carbocycles. The van der Waals surface area contributed by atoms with E-state index in [2.05, 4.69) is 17.4 Å². The standard InChI is InChI=1S/C17H25NO3/c19-16(9-11-18-10-3-6-17(20)21)15-8-7-13-4-1-2-5-14(13)12-15/h7-8,12,16,18-19H,1-6,9-11H2,(H,20,21). The molecule has 0 aliphatic heterocycles. The summed E-state index contributed by atoms with van der Waals surface area (Å²) in [7, 11) is 0. The van der Waals surface area contributed by atoms with E-state index in [0.29, 0.717) is 25.9 Å². The topological polar surface area (TPSA) is 69.6 Å². The normalized spacial score (nSPS) is 15.5. The van der Waals surface area contributed by atoms with Crippen LogP contribution in [0.25, 0.3) is 0 Å². The SMILES string of the molecule is O=C(O)CCCNCCC(O)c1ccc2c(c1)CCCC2. The maximum atomic E-state index is 10.4. The van der Waals surface area contributed by atoms with Gasteiger partial charge in [-0.3, -0.25) is 4.79 Å². The molecule has 0 spiro atoms. The van der Waals surface area contributed by atoms with Gasteiger partial charge in [0.05, 0.1) is 6.10 Å². The molecule has 1 aliphatic carbocycles. The smallest absolute Gasteiger partial charge is 0.303 e. The number of nitrogens with one attached hydrogen (secondary N) is 1. The lowest BCUT2D eigenvalue weighted by Crippen LogP contribution is -2.19. The summed E-state index contributed by atoms with van der Waals surface area (Å²) in [5.41, 5.74) is 3.83. The Kier molecular flexibility index (Phi) is 6.21. The number of aryl methyl sites for hydroxylation is 2. The number of carbonyl (C=O) groups is 1. The van der Waals surface area contributed by atoms with E-state index in [9.17, 15) is 9.90 Å². The molecule has 1 aromatic rings. The zero-order valence-electron chi connectivity index (χ0n) is 12.5. The van der Waals surface area contributed by atoms with E-state index in [1.807, 2.05) is 6.07 Å². The molecule has 1 unspecified atom stereocenters. The predicted octanol–water partition coefficient (Wildman–Crippen LogP) is 2.44. The molecule has 0 saturated carbocycles. The minimum Gasteiger partial charge on any atom is -0.481 e. The second-order valence-electron chi connectivity index (χ2n) is 5.79. The Labute approximate surface area is 126 Å². The maximum absolute atomic E-state index is 10.4. The predicted molar refractivity (Wildman–Crippen MR) is 82.4 cm³/mol. The Bertz CT molecular complexity index is 473. The highest BCUT2D eigenvalue weighted by molar-refractivity contribution is 5.66. The van der Waals surface area contributed by atoms with Gasteiger partial charge < -0.3 is 15.5 Å². The van der Waals surface area contributed by atoms with E-state index in [4.69, 9.17) is 5.11 Å². The molecular weight excluding hydrogens is 266 g/mol. The van der Waals surface area contributed by atoms with Gasteiger partial charge in [-0.2, -0.15) is 0 Å². The van der Waals surface area contributed by atoms with Crippen molar-refractivity contribution in [3.8, 4) is 0 Å². The summed E-state index contributed by atoms with van der Waals surface area (Å²) >= 11 is 0. The Morgan fingerprint density at radius 3 is 2.71 bits per heavy atom. The average molecular weight is 291 g/mol. The highest BCUT2D eigenvalue weighted by Crippen LogP contribution is 2.25. The molecule has 0 bridgehead atoms. The van der Waals surface area contributed by atoms with Gasteiger partial charge in [-0.15, -0.1) is 0 Å². The fourth-order valence-corrected chi connectivity index (χ4v) is 2.86. The Morgan fingerprint density at radius 1 is 1.19 bits per heavy atom. The minimum absolute atomic E-state index is 0.195. The zero-order valence-corrected chi connectivity index (χ0v) is 12.5. The van der Waals surface area contributed by atoms with Crippen molar-refractivity contribution in [2.24, 2.45) is 0 Å². The van der Waals surface area contributed by atoms with Crippen LogP contribution in [-0.2, 0) is 17.6 Å². The van der Waals surface area contributed by atoms with Crippen molar-refractivity contribution in [2.45, 2.75) is 51.0 Å². The number of hydrogen-bond acceptors (Lipinski definition) is 3. The van der Waals surface area contributed by atoms with Crippen LogP contribution in [0, 0.1) is 0 Å². The monoisotopic (exact) mass is 291 g/mol. The molecule has 1 aliphatic rings. The Morgan fingerprint density at radius 2 is 1.95 bits per heavy atom. The molecule has 3 N–H and O–H groups in total. The van der Waals surface area contributed by atoms with Crippen molar-refractivity contribution in [2.75, 3.05) is 13.1 Å². The van der Waals surface area contributed by atoms with Crippen LogP contribution in [0.15, 0.2) is 18.2 Å². The van der Waals surface area contributed by atoms with E-state index in [0.717, 1.165) is 18.4 Å². The van der Waals surface area contributed by atoms with Gasteiger partial charge in [0.2, 0.25) is 0 Å². The van der Waals surface area contributed by atoms with Crippen molar-refractivity contribution >= 4 is 5.97 Å². The number of benzene rings is 1. The second-order valence-corrected chi connectivity index (χ2v) is 5.79. The largest absolute Gasteiger partial charge is 0.481 e. The number of aliphatic hydroxyl groups is 1. The summed E-state index contributed by atoms with van der Waals surface area (Å²) < 4.78 is 0.